The van der Waals surface area contributed by atoms with Crippen molar-refractivity contribution in [2.45, 2.75) is 77.1 Å². The summed E-state index contributed by atoms with van der Waals surface area (Å²) < 4.78 is 5.71. The molecule has 1 saturated heterocycles. The minimum Gasteiger partial charge on any atom is -0.388 e. The Morgan fingerprint density at radius 3 is 2.33 bits per heavy atom. The second-order valence-electron chi connectivity index (χ2n) is 6.41. The molecule has 1 saturated carbocycles. The first-order valence-electron chi connectivity index (χ1n) is 7.24. The third kappa shape index (κ3) is 2.17. The van der Waals surface area contributed by atoms with E-state index in [1.54, 1.807) is 0 Å². The Morgan fingerprint density at radius 2 is 1.89 bits per heavy atom. The van der Waals surface area contributed by atoms with Gasteiger partial charge in [0.15, 0.2) is 0 Å². The predicted octanol–water partition coefficient (Wildman–Crippen LogP) is 3.02. The van der Waals surface area contributed by atoms with Crippen LogP contribution in [0.15, 0.2) is 0 Å². The molecule has 0 radical (unpaired) electrons. The Kier molecular flexibility index (Phi) is 3.71. The number of hydrogen-bond acceptors (Lipinski definition) is 3. The van der Waals surface area contributed by atoms with Gasteiger partial charge in [0.1, 0.15) is 0 Å². The van der Waals surface area contributed by atoms with Gasteiger partial charge in [-0.2, -0.15) is 5.26 Å². The maximum atomic E-state index is 11.1. The van der Waals surface area contributed by atoms with Crippen LogP contribution in [-0.4, -0.2) is 22.9 Å². The van der Waals surface area contributed by atoms with E-state index in [9.17, 15) is 10.4 Å². The molecule has 0 bridgehead atoms. The number of rotatable bonds is 2. The van der Waals surface area contributed by atoms with E-state index in [-0.39, 0.29) is 12.2 Å². The summed E-state index contributed by atoms with van der Waals surface area (Å²) in [5, 5.41) is 20.7. The first kappa shape index (κ1) is 13.8. The highest BCUT2D eigenvalue weighted by Gasteiger charge is 2.56. The molecule has 2 rings (SSSR count). The van der Waals surface area contributed by atoms with Crippen molar-refractivity contribution in [3.63, 3.8) is 0 Å². The Bertz CT molecular complexity index is 339. The summed E-state index contributed by atoms with van der Waals surface area (Å²) >= 11 is 0. The van der Waals surface area contributed by atoms with Gasteiger partial charge in [0, 0.05) is 12.8 Å². The van der Waals surface area contributed by atoms with Crippen LogP contribution in [0.2, 0.25) is 0 Å². The van der Waals surface area contributed by atoms with Gasteiger partial charge in [0.2, 0.25) is 0 Å². The molecule has 0 aromatic heterocycles. The van der Waals surface area contributed by atoms with Crippen LogP contribution in [0.5, 0.6) is 0 Å². The molecule has 4 atom stereocenters. The molecule has 0 aromatic carbocycles. The highest BCUT2D eigenvalue weighted by molar-refractivity contribution is 5.16. The van der Waals surface area contributed by atoms with Crippen molar-refractivity contribution in [3.05, 3.63) is 0 Å². The fourth-order valence-electron chi connectivity index (χ4n) is 4.04. The molecule has 0 aromatic rings. The molecular weight excluding hydrogens is 226 g/mol. The second kappa shape index (κ2) is 4.83. The third-order valence-electron chi connectivity index (χ3n) is 5.01. The van der Waals surface area contributed by atoms with E-state index in [0.717, 1.165) is 25.7 Å². The lowest BCUT2D eigenvalue weighted by Crippen LogP contribution is -2.53. The first-order valence-corrected chi connectivity index (χ1v) is 7.24. The molecule has 1 N–H and O–H groups in total. The molecule has 0 amide bonds. The third-order valence-corrected chi connectivity index (χ3v) is 5.01. The van der Waals surface area contributed by atoms with Gasteiger partial charge in [-0.05, 0) is 39.0 Å². The molecule has 1 heterocycles. The summed E-state index contributed by atoms with van der Waals surface area (Å²) in [4.78, 5) is 0. The van der Waals surface area contributed by atoms with Crippen LogP contribution >= 0.6 is 0 Å². The van der Waals surface area contributed by atoms with Crippen LogP contribution in [0.4, 0.5) is 0 Å². The predicted molar refractivity (Wildman–Crippen MR) is 69.9 cm³/mol. The van der Waals surface area contributed by atoms with Crippen molar-refractivity contribution in [1.82, 2.24) is 0 Å². The van der Waals surface area contributed by atoms with Gasteiger partial charge < -0.3 is 9.84 Å². The normalized spacial score (nSPS) is 48.9. The molecule has 2 fully saturated rings. The summed E-state index contributed by atoms with van der Waals surface area (Å²) in [5.74, 6) is 0.599. The molecule has 1 aliphatic heterocycles. The van der Waals surface area contributed by atoms with Gasteiger partial charge in [-0.15, -0.1) is 0 Å². The van der Waals surface area contributed by atoms with Crippen LogP contribution in [-0.2, 0) is 4.74 Å². The maximum absolute atomic E-state index is 11.1. The van der Waals surface area contributed by atoms with Gasteiger partial charge >= 0.3 is 0 Å². The summed E-state index contributed by atoms with van der Waals surface area (Å²) in [7, 11) is 0. The van der Waals surface area contributed by atoms with Crippen LogP contribution in [0.3, 0.4) is 0 Å². The van der Waals surface area contributed by atoms with Crippen LogP contribution in [0, 0.1) is 22.7 Å². The summed E-state index contributed by atoms with van der Waals surface area (Å²) in [6.07, 6.45) is 5.18. The fourth-order valence-corrected chi connectivity index (χ4v) is 4.04. The lowest BCUT2D eigenvalue weighted by atomic mass is 9.65. The molecule has 18 heavy (non-hydrogen) atoms. The standard InChI is InChI=1S/C15H25NO2/c1-4-13-5-6-14(9-13,10-16)15(17)7-11(2)18-12(3)8-15/h11-13,17H,4-9H2,1-3H3. The Morgan fingerprint density at radius 1 is 1.28 bits per heavy atom. The maximum Gasteiger partial charge on any atom is 0.0882 e. The SMILES string of the molecule is CCC1CCC(C#N)(C2(O)CC(C)OC(C)C2)C1. The second-order valence-corrected chi connectivity index (χ2v) is 6.41. The highest BCUT2D eigenvalue weighted by Crippen LogP contribution is 2.54. The van der Waals surface area contributed by atoms with E-state index in [1.165, 1.54) is 0 Å². The zero-order chi connectivity index (χ0) is 13.4. The van der Waals surface area contributed by atoms with E-state index < -0.39 is 11.0 Å². The van der Waals surface area contributed by atoms with Crippen molar-refractivity contribution in [2.75, 3.05) is 0 Å². The minimum absolute atomic E-state index is 0.0460. The fraction of sp³-hybridized carbons (Fsp3) is 0.933. The molecule has 3 heteroatoms. The zero-order valence-corrected chi connectivity index (χ0v) is 11.8. The monoisotopic (exact) mass is 251 g/mol. The molecule has 3 nitrogen and oxygen atoms in total. The topological polar surface area (TPSA) is 53.2 Å². The smallest absolute Gasteiger partial charge is 0.0882 e. The number of nitriles is 1. The van der Waals surface area contributed by atoms with Crippen LogP contribution in [0.1, 0.15) is 59.3 Å². The molecule has 2 aliphatic rings. The van der Waals surface area contributed by atoms with Gasteiger partial charge in [-0.25, -0.2) is 0 Å². The van der Waals surface area contributed by atoms with E-state index >= 15 is 0 Å². The Balaban J connectivity index is 2.24. The van der Waals surface area contributed by atoms with Crippen molar-refractivity contribution >= 4 is 0 Å². The van der Waals surface area contributed by atoms with Gasteiger partial charge in [0.25, 0.3) is 0 Å². The number of nitrogens with zero attached hydrogens (tertiary/aromatic N) is 1. The van der Waals surface area contributed by atoms with Crippen molar-refractivity contribution in [1.29, 1.82) is 5.26 Å². The molecule has 1 aliphatic carbocycles. The van der Waals surface area contributed by atoms with E-state index in [2.05, 4.69) is 13.0 Å². The number of ether oxygens (including phenoxy) is 1. The molecule has 0 spiro atoms. The number of hydrogen-bond donors (Lipinski definition) is 1. The summed E-state index contributed by atoms with van der Waals surface area (Å²) in [5.41, 5.74) is -1.40. The van der Waals surface area contributed by atoms with Gasteiger partial charge in [-0.3, -0.25) is 0 Å². The minimum atomic E-state index is -0.858. The van der Waals surface area contributed by atoms with Crippen LogP contribution < -0.4 is 0 Å². The zero-order valence-electron chi connectivity index (χ0n) is 11.8. The van der Waals surface area contributed by atoms with Gasteiger partial charge in [0.05, 0.1) is 29.3 Å². The highest BCUT2D eigenvalue weighted by atomic mass is 16.5. The molecular formula is C15H25NO2. The summed E-state index contributed by atoms with van der Waals surface area (Å²) in [6, 6.07) is 2.49. The first-order chi connectivity index (χ1) is 8.44. The lowest BCUT2D eigenvalue weighted by molar-refractivity contribution is -0.172. The quantitative estimate of drug-likeness (QED) is 0.820. The van der Waals surface area contributed by atoms with Gasteiger partial charge in [-0.1, -0.05) is 13.3 Å². The number of aliphatic hydroxyl groups is 1. The van der Waals surface area contributed by atoms with E-state index in [0.29, 0.717) is 18.8 Å². The van der Waals surface area contributed by atoms with E-state index in [1.807, 2.05) is 13.8 Å². The molecule has 102 valence electrons. The largest absolute Gasteiger partial charge is 0.388 e. The van der Waals surface area contributed by atoms with Crippen molar-refractivity contribution < 1.29 is 9.84 Å². The Labute approximate surface area is 110 Å². The lowest BCUT2D eigenvalue weighted by Gasteiger charge is -2.47. The van der Waals surface area contributed by atoms with Crippen LogP contribution in [0.25, 0.3) is 0 Å². The van der Waals surface area contributed by atoms with Crippen molar-refractivity contribution in [3.8, 4) is 6.07 Å². The van der Waals surface area contributed by atoms with Crippen molar-refractivity contribution in [2.24, 2.45) is 11.3 Å². The average molecular weight is 251 g/mol. The molecule has 4 unspecified atom stereocenters. The average Bonchev–Trinajstić information content (AvgIpc) is 2.72. The summed E-state index contributed by atoms with van der Waals surface area (Å²) in [6.45, 7) is 6.17. The Hall–Kier alpha value is -0.590. The van der Waals surface area contributed by atoms with E-state index in [4.69, 9.17) is 4.74 Å².